The standard InChI is InChI=1S/C18H23NO/c1-5-20-17-10-9-12(2)11-16(17)18(19)15-8-6-7-13(3)14(15)4/h6-11,18H,5,19H2,1-4H3. The van der Waals surface area contributed by atoms with E-state index in [-0.39, 0.29) is 6.04 Å². The molecular formula is C18H23NO. The fraction of sp³-hybridized carbons (Fsp3) is 0.333. The highest BCUT2D eigenvalue weighted by molar-refractivity contribution is 5.46. The van der Waals surface area contributed by atoms with E-state index in [1.54, 1.807) is 0 Å². The van der Waals surface area contributed by atoms with E-state index in [0.717, 1.165) is 16.9 Å². The summed E-state index contributed by atoms with van der Waals surface area (Å²) in [7, 11) is 0. The van der Waals surface area contributed by atoms with Crippen molar-refractivity contribution in [2.75, 3.05) is 6.61 Å². The molecule has 2 aromatic rings. The first-order valence-corrected chi connectivity index (χ1v) is 7.09. The van der Waals surface area contributed by atoms with Crippen molar-refractivity contribution in [2.45, 2.75) is 33.7 Å². The molecule has 20 heavy (non-hydrogen) atoms. The van der Waals surface area contributed by atoms with Crippen molar-refractivity contribution < 1.29 is 4.74 Å². The van der Waals surface area contributed by atoms with Crippen LogP contribution in [0.25, 0.3) is 0 Å². The number of ether oxygens (including phenoxy) is 1. The molecular weight excluding hydrogens is 246 g/mol. The van der Waals surface area contributed by atoms with Crippen LogP contribution in [0.4, 0.5) is 0 Å². The average Bonchev–Trinajstić information content (AvgIpc) is 2.43. The van der Waals surface area contributed by atoms with Crippen LogP contribution in [-0.2, 0) is 0 Å². The Morgan fingerprint density at radius 1 is 1.05 bits per heavy atom. The molecule has 1 unspecified atom stereocenters. The Bertz CT molecular complexity index is 604. The van der Waals surface area contributed by atoms with Gasteiger partial charge in [-0.3, -0.25) is 0 Å². The Morgan fingerprint density at radius 2 is 1.80 bits per heavy atom. The number of benzene rings is 2. The second-order valence-electron chi connectivity index (χ2n) is 5.24. The molecule has 2 nitrogen and oxygen atoms in total. The Morgan fingerprint density at radius 3 is 2.50 bits per heavy atom. The first kappa shape index (κ1) is 14.6. The zero-order valence-electron chi connectivity index (χ0n) is 12.7. The maximum absolute atomic E-state index is 6.51. The summed E-state index contributed by atoms with van der Waals surface area (Å²) in [5, 5.41) is 0. The molecule has 0 saturated carbocycles. The molecule has 106 valence electrons. The van der Waals surface area contributed by atoms with Crippen LogP contribution >= 0.6 is 0 Å². The lowest BCUT2D eigenvalue weighted by molar-refractivity contribution is 0.335. The molecule has 0 radical (unpaired) electrons. The largest absolute Gasteiger partial charge is 0.494 e. The predicted octanol–water partition coefficient (Wildman–Crippen LogP) is 4.06. The van der Waals surface area contributed by atoms with Gasteiger partial charge >= 0.3 is 0 Å². The van der Waals surface area contributed by atoms with E-state index < -0.39 is 0 Å². The van der Waals surface area contributed by atoms with Crippen LogP contribution < -0.4 is 10.5 Å². The zero-order chi connectivity index (χ0) is 14.7. The van der Waals surface area contributed by atoms with Crippen LogP contribution in [0.15, 0.2) is 36.4 Å². The predicted molar refractivity (Wildman–Crippen MR) is 84.3 cm³/mol. The lowest BCUT2D eigenvalue weighted by Crippen LogP contribution is -2.15. The maximum Gasteiger partial charge on any atom is 0.124 e. The number of nitrogens with two attached hydrogens (primary N) is 1. The number of hydrogen-bond acceptors (Lipinski definition) is 2. The highest BCUT2D eigenvalue weighted by Gasteiger charge is 2.16. The molecule has 2 N–H and O–H groups in total. The van der Waals surface area contributed by atoms with Crippen molar-refractivity contribution in [2.24, 2.45) is 5.73 Å². The molecule has 2 aromatic carbocycles. The van der Waals surface area contributed by atoms with Crippen LogP contribution in [0.3, 0.4) is 0 Å². The van der Waals surface area contributed by atoms with E-state index >= 15 is 0 Å². The lowest BCUT2D eigenvalue weighted by atomic mass is 9.92. The van der Waals surface area contributed by atoms with E-state index in [1.165, 1.54) is 16.7 Å². The fourth-order valence-electron chi connectivity index (χ4n) is 2.48. The highest BCUT2D eigenvalue weighted by Crippen LogP contribution is 2.31. The van der Waals surface area contributed by atoms with Crippen molar-refractivity contribution in [1.29, 1.82) is 0 Å². The smallest absolute Gasteiger partial charge is 0.124 e. The Hall–Kier alpha value is -1.80. The van der Waals surface area contributed by atoms with Gasteiger partial charge in [-0.05, 0) is 50.5 Å². The fourth-order valence-corrected chi connectivity index (χ4v) is 2.48. The monoisotopic (exact) mass is 269 g/mol. The normalized spacial score (nSPS) is 12.2. The second-order valence-corrected chi connectivity index (χ2v) is 5.24. The third-order valence-corrected chi connectivity index (χ3v) is 3.78. The SMILES string of the molecule is CCOc1ccc(C)cc1C(N)c1cccc(C)c1C. The van der Waals surface area contributed by atoms with E-state index in [1.807, 2.05) is 13.0 Å². The minimum atomic E-state index is -0.156. The molecule has 0 heterocycles. The van der Waals surface area contributed by atoms with Gasteiger partial charge in [0.2, 0.25) is 0 Å². The van der Waals surface area contributed by atoms with Crippen molar-refractivity contribution in [3.05, 3.63) is 64.2 Å². The Balaban J connectivity index is 2.49. The molecule has 0 aromatic heterocycles. The third-order valence-electron chi connectivity index (χ3n) is 3.78. The molecule has 2 rings (SSSR count). The quantitative estimate of drug-likeness (QED) is 0.908. The summed E-state index contributed by atoms with van der Waals surface area (Å²) in [4.78, 5) is 0. The van der Waals surface area contributed by atoms with E-state index in [0.29, 0.717) is 6.61 Å². The van der Waals surface area contributed by atoms with Gasteiger partial charge in [0.05, 0.1) is 12.6 Å². The van der Waals surface area contributed by atoms with Crippen molar-refractivity contribution in [1.82, 2.24) is 0 Å². The van der Waals surface area contributed by atoms with Crippen LogP contribution in [-0.4, -0.2) is 6.61 Å². The first-order chi connectivity index (χ1) is 9.54. The van der Waals surface area contributed by atoms with Gasteiger partial charge in [0.15, 0.2) is 0 Å². The summed E-state index contributed by atoms with van der Waals surface area (Å²) in [6, 6.07) is 12.3. The van der Waals surface area contributed by atoms with Gasteiger partial charge in [0, 0.05) is 5.56 Å². The third kappa shape index (κ3) is 2.86. The van der Waals surface area contributed by atoms with E-state index in [9.17, 15) is 0 Å². The summed E-state index contributed by atoms with van der Waals surface area (Å²) in [5.41, 5.74) is 12.4. The van der Waals surface area contributed by atoms with Crippen molar-refractivity contribution >= 4 is 0 Å². The van der Waals surface area contributed by atoms with Crippen molar-refractivity contribution in [3.63, 3.8) is 0 Å². The Kier molecular flexibility index (Phi) is 4.46. The molecule has 0 bridgehead atoms. The van der Waals surface area contributed by atoms with Gasteiger partial charge < -0.3 is 10.5 Å². The average molecular weight is 269 g/mol. The van der Waals surface area contributed by atoms with E-state index in [2.05, 4.69) is 51.1 Å². The maximum atomic E-state index is 6.51. The molecule has 0 aliphatic heterocycles. The minimum Gasteiger partial charge on any atom is -0.494 e. The first-order valence-electron chi connectivity index (χ1n) is 7.09. The van der Waals surface area contributed by atoms with Crippen LogP contribution in [0.5, 0.6) is 5.75 Å². The summed E-state index contributed by atoms with van der Waals surface area (Å²) >= 11 is 0. The van der Waals surface area contributed by atoms with Gasteiger partial charge in [-0.2, -0.15) is 0 Å². The Labute approximate surface area is 121 Å². The number of aryl methyl sites for hydroxylation is 2. The minimum absolute atomic E-state index is 0.156. The van der Waals surface area contributed by atoms with Gasteiger partial charge in [0.1, 0.15) is 5.75 Å². The topological polar surface area (TPSA) is 35.2 Å². The second kappa shape index (κ2) is 6.10. The summed E-state index contributed by atoms with van der Waals surface area (Å²) in [6.45, 7) is 8.96. The van der Waals surface area contributed by atoms with Crippen LogP contribution in [0, 0.1) is 20.8 Å². The summed E-state index contributed by atoms with van der Waals surface area (Å²) in [6.07, 6.45) is 0. The molecule has 0 amide bonds. The summed E-state index contributed by atoms with van der Waals surface area (Å²) < 4.78 is 5.72. The van der Waals surface area contributed by atoms with Gasteiger partial charge in [-0.25, -0.2) is 0 Å². The molecule has 2 heteroatoms. The molecule has 1 atom stereocenters. The van der Waals surface area contributed by atoms with Gasteiger partial charge in [-0.15, -0.1) is 0 Å². The lowest BCUT2D eigenvalue weighted by Gasteiger charge is -2.20. The molecule has 0 spiro atoms. The molecule has 0 saturated heterocycles. The van der Waals surface area contributed by atoms with E-state index in [4.69, 9.17) is 10.5 Å². The van der Waals surface area contributed by atoms with Crippen LogP contribution in [0.2, 0.25) is 0 Å². The zero-order valence-corrected chi connectivity index (χ0v) is 12.7. The molecule has 0 aliphatic rings. The highest BCUT2D eigenvalue weighted by atomic mass is 16.5. The number of hydrogen-bond donors (Lipinski definition) is 1. The summed E-state index contributed by atoms with van der Waals surface area (Å²) in [5.74, 6) is 0.881. The van der Waals surface area contributed by atoms with Gasteiger partial charge in [-0.1, -0.05) is 35.9 Å². The van der Waals surface area contributed by atoms with Crippen LogP contribution in [0.1, 0.15) is 40.8 Å². The molecule has 0 aliphatic carbocycles. The van der Waals surface area contributed by atoms with Crippen molar-refractivity contribution in [3.8, 4) is 5.75 Å². The van der Waals surface area contributed by atoms with Gasteiger partial charge in [0.25, 0.3) is 0 Å². The number of rotatable bonds is 4. The molecule has 0 fully saturated rings.